The Labute approximate surface area is 129 Å². The maximum atomic E-state index is 11.8. The lowest BCUT2D eigenvalue weighted by Crippen LogP contribution is -2.39. The number of nitrogens with one attached hydrogen (secondary N) is 2. The van der Waals surface area contributed by atoms with Crippen molar-refractivity contribution < 1.29 is 22.7 Å². The second kappa shape index (κ2) is 8.30. The van der Waals surface area contributed by atoms with Gasteiger partial charge in [0.25, 0.3) is 5.91 Å². The quantitative estimate of drug-likeness (QED) is 0.700. The number of rotatable bonds is 7. The fraction of sp³-hybridized carbons (Fsp3) is 0.286. The molecule has 0 aliphatic heterocycles. The maximum Gasteiger partial charge on any atom is 0.324 e. The normalized spacial score (nSPS) is 12.8. The fourth-order valence-electron chi connectivity index (χ4n) is 1.40. The first-order chi connectivity index (χ1) is 10.3. The standard InChI is InChI=1S/C14H18N2O5S/c1-11(14(18)21-10-13(17)15-2)16-22(19,20)9-8-12-6-4-3-5-7-12/h3-9,11,16H,10H2,1-2H3,(H,15,17)/b9-8+/t11-/m0/s1. The summed E-state index contributed by atoms with van der Waals surface area (Å²) < 4.78 is 30.5. The second-order valence-electron chi connectivity index (χ2n) is 4.38. The van der Waals surface area contributed by atoms with Gasteiger partial charge < -0.3 is 10.1 Å². The Morgan fingerprint density at radius 1 is 1.27 bits per heavy atom. The van der Waals surface area contributed by atoms with E-state index in [1.54, 1.807) is 24.3 Å². The van der Waals surface area contributed by atoms with Gasteiger partial charge in [-0.15, -0.1) is 0 Å². The third kappa shape index (κ3) is 6.51. The molecule has 2 N–H and O–H groups in total. The largest absolute Gasteiger partial charge is 0.454 e. The van der Waals surface area contributed by atoms with Gasteiger partial charge in [0.2, 0.25) is 10.0 Å². The molecule has 0 heterocycles. The summed E-state index contributed by atoms with van der Waals surface area (Å²) >= 11 is 0. The number of benzene rings is 1. The minimum absolute atomic E-state index is 0.457. The van der Waals surface area contributed by atoms with Gasteiger partial charge in [0.1, 0.15) is 6.04 Å². The summed E-state index contributed by atoms with van der Waals surface area (Å²) in [5.74, 6) is -1.31. The minimum atomic E-state index is -3.80. The number of carbonyl (C=O) groups excluding carboxylic acids is 2. The summed E-state index contributed by atoms with van der Waals surface area (Å²) in [6.45, 7) is 0.876. The van der Waals surface area contributed by atoms with Gasteiger partial charge in [0.05, 0.1) is 0 Å². The van der Waals surface area contributed by atoms with Crippen LogP contribution in [0.3, 0.4) is 0 Å². The van der Waals surface area contributed by atoms with Gasteiger partial charge >= 0.3 is 5.97 Å². The molecule has 0 unspecified atom stereocenters. The number of ether oxygens (including phenoxy) is 1. The summed E-state index contributed by atoms with van der Waals surface area (Å²) in [6, 6.07) is 7.75. The molecule has 1 rings (SSSR count). The van der Waals surface area contributed by atoms with E-state index in [-0.39, 0.29) is 0 Å². The molecule has 7 nitrogen and oxygen atoms in total. The van der Waals surface area contributed by atoms with Crippen molar-refractivity contribution in [3.63, 3.8) is 0 Å². The molecule has 1 aromatic rings. The molecule has 0 saturated carbocycles. The first-order valence-corrected chi connectivity index (χ1v) is 8.01. The zero-order valence-corrected chi connectivity index (χ0v) is 13.1. The molecular weight excluding hydrogens is 308 g/mol. The van der Waals surface area contributed by atoms with E-state index >= 15 is 0 Å². The van der Waals surface area contributed by atoms with Crippen molar-refractivity contribution in [1.82, 2.24) is 10.0 Å². The Hall–Kier alpha value is -2.19. The van der Waals surface area contributed by atoms with E-state index in [4.69, 9.17) is 0 Å². The Balaban J connectivity index is 2.58. The Bertz CT molecular complexity index is 640. The molecule has 0 bridgehead atoms. The molecule has 0 saturated heterocycles. The molecule has 22 heavy (non-hydrogen) atoms. The molecule has 0 aromatic heterocycles. The Morgan fingerprint density at radius 2 is 1.91 bits per heavy atom. The number of likely N-dealkylation sites (N-methyl/N-ethyl adjacent to an activating group) is 1. The van der Waals surface area contributed by atoms with Crippen molar-refractivity contribution in [2.75, 3.05) is 13.7 Å². The van der Waals surface area contributed by atoms with Crippen LogP contribution in [0, 0.1) is 0 Å². The smallest absolute Gasteiger partial charge is 0.324 e. The Kier molecular flexibility index (Phi) is 6.74. The third-order valence-electron chi connectivity index (χ3n) is 2.56. The van der Waals surface area contributed by atoms with Crippen LogP contribution in [-0.2, 0) is 24.3 Å². The highest BCUT2D eigenvalue weighted by atomic mass is 32.2. The molecule has 1 amide bonds. The van der Waals surface area contributed by atoms with Crippen molar-refractivity contribution in [2.24, 2.45) is 0 Å². The summed E-state index contributed by atoms with van der Waals surface area (Å²) in [7, 11) is -2.40. The lowest BCUT2D eigenvalue weighted by molar-refractivity contribution is -0.149. The SMILES string of the molecule is CNC(=O)COC(=O)[C@H](C)NS(=O)(=O)/C=C/c1ccccc1. The average Bonchev–Trinajstić information content (AvgIpc) is 2.50. The summed E-state index contributed by atoms with van der Waals surface area (Å²) in [6.07, 6.45) is 1.41. The molecule has 120 valence electrons. The van der Waals surface area contributed by atoms with Gasteiger partial charge in [-0.2, -0.15) is 4.72 Å². The highest BCUT2D eigenvalue weighted by Gasteiger charge is 2.20. The van der Waals surface area contributed by atoms with Crippen molar-refractivity contribution in [3.8, 4) is 0 Å². The minimum Gasteiger partial charge on any atom is -0.454 e. The summed E-state index contributed by atoms with van der Waals surface area (Å²) in [5, 5.41) is 3.24. The molecule has 1 aromatic carbocycles. The van der Waals surface area contributed by atoms with Gasteiger partial charge in [-0.3, -0.25) is 9.59 Å². The predicted molar refractivity (Wildman–Crippen MR) is 82.0 cm³/mol. The van der Waals surface area contributed by atoms with E-state index in [1.807, 2.05) is 6.07 Å². The van der Waals surface area contributed by atoms with Crippen LogP contribution in [0.4, 0.5) is 0 Å². The molecule has 0 radical (unpaired) electrons. The van der Waals surface area contributed by atoms with E-state index in [0.29, 0.717) is 5.56 Å². The van der Waals surface area contributed by atoms with Crippen LogP contribution >= 0.6 is 0 Å². The highest BCUT2D eigenvalue weighted by Crippen LogP contribution is 2.03. The van der Waals surface area contributed by atoms with Crippen molar-refractivity contribution in [1.29, 1.82) is 0 Å². The molecule has 8 heteroatoms. The predicted octanol–water partition coefficient (Wildman–Crippen LogP) is 0.254. The van der Waals surface area contributed by atoms with E-state index in [1.165, 1.54) is 20.0 Å². The molecule has 0 fully saturated rings. The van der Waals surface area contributed by atoms with Crippen LogP contribution in [0.25, 0.3) is 6.08 Å². The van der Waals surface area contributed by atoms with Crippen LogP contribution in [0.2, 0.25) is 0 Å². The molecule has 1 atom stereocenters. The van der Waals surface area contributed by atoms with Crippen LogP contribution in [0.15, 0.2) is 35.7 Å². The van der Waals surface area contributed by atoms with Crippen LogP contribution in [0.5, 0.6) is 0 Å². The second-order valence-corrected chi connectivity index (χ2v) is 5.98. The number of hydrogen-bond donors (Lipinski definition) is 2. The average molecular weight is 326 g/mol. The van der Waals surface area contributed by atoms with Gasteiger partial charge in [-0.05, 0) is 18.6 Å². The van der Waals surface area contributed by atoms with E-state index in [2.05, 4.69) is 14.8 Å². The van der Waals surface area contributed by atoms with Crippen LogP contribution in [0.1, 0.15) is 12.5 Å². The van der Waals surface area contributed by atoms with Crippen LogP contribution < -0.4 is 10.0 Å². The van der Waals surface area contributed by atoms with Gasteiger partial charge in [-0.25, -0.2) is 8.42 Å². The zero-order chi connectivity index (χ0) is 16.6. The number of sulfonamides is 1. The summed E-state index contributed by atoms with van der Waals surface area (Å²) in [5.41, 5.74) is 0.711. The summed E-state index contributed by atoms with van der Waals surface area (Å²) in [4.78, 5) is 22.5. The van der Waals surface area contributed by atoms with E-state index in [0.717, 1.165) is 5.41 Å². The molecule has 0 aliphatic rings. The first kappa shape index (κ1) is 17.9. The van der Waals surface area contributed by atoms with Crippen LogP contribution in [-0.4, -0.2) is 40.0 Å². The number of esters is 1. The monoisotopic (exact) mass is 326 g/mol. The molecular formula is C14H18N2O5S. The Morgan fingerprint density at radius 3 is 2.50 bits per heavy atom. The van der Waals surface area contributed by atoms with Gasteiger partial charge in [0.15, 0.2) is 6.61 Å². The zero-order valence-electron chi connectivity index (χ0n) is 12.3. The van der Waals surface area contributed by atoms with Gasteiger partial charge in [0, 0.05) is 12.5 Å². The van der Waals surface area contributed by atoms with E-state index in [9.17, 15) is 18.0 Å². The van der Waals surface area contributed by atoms with Crippen molar-refractivity contribution in [3.05, 3.63) is 41.3 Å². The van der Waals surface area contributed by atoms with Crippen molar-refractivity contribution >= 4 is 28.0 Å². The molecule has 0 aliphatic carbocycles. The first-order valence-electron chi connectivity index (χ1n) is 6.47. The highest BCUT2D eigenvalue weighted by molar-refractivity contribution is 7.92. The third-order valence-corrected chi connectivity index (χ3v) is 3.73. The van der Waals surface area contributed by atoms with Crippen molar-refractivity contribution in [2.45, 2.75) is 13.0 Å². The number of hydrogen-bond acceptors (Lipinski definition) is 5. The topological polar surface area (TPSA) is 102 Å². The lowest BCUT2D eigenvalue weighted by atomic mass is 10.2. The number of amides is 1. The fourth-order valence-corrected chi connectivity index (χ4v) is 2.40. The molecule has 0 spiro atoms. The lowest BCUT2D eigenvalue weighted by Gasteiger charge is -2.11. The van der Waals surface area contributed by atoms with E-state index < -0.39 is 34.5 Å². The van der Waals surface area contributed by atoms with Gasteiger partial charge in [-0.1, -0.05) is 30.3 Å². The number of carbonyl (C=O) groups is 2. The maximum absolute atomic E-state index is 11.8.